The number of hydrogen-bond acceptors (Lipinski definition) is 6. The average Bonchev–Trinajstić information content (AvgIpc) is 2.81. The minimum Gasteiger partial charge on any atom is -0.497 e. The molecule has 1 aromatic rings. The number of esters is 1. The molecule has 122 valence electrons. The van der Waals surface area contributed by atoms with Gasteiger partial charge < -0.3 is 9.47 Å². The van der Waals surface area contributed by atoms with Gasteiger partial charge in [-0.05, 0) is 30.7 Å². The monoisotopic (exact) mass is 334 g/mol. The Hall–Kier alpha value is -2.28. The van der Waals surface area contributed by atoms with Crippen LogP contribution in [0.15, 0.2) is 35.0 Å². The van der Waals surface area contributed by atoms with Crippen molar-refractivity contribution >= 4 is 34.9 Å². The number of hydrogen-bond donors (Lipinski definition) is 0. The highest BCUT2D eigenvalue weighted by Gasteiger charge is 2.27. The van der Waals surface area contributed by atoms with Gasteiger partial charge in [0.05, 0.1) is 19.5 Å². The molecule has 0 atom stereocenters. The molecule has 23 heavy (non-hydrogen) atoms. The van der Waals surface area contributed by atoms with Gasteiger partial charge in [0.15, 0.2) is 5.17 Å². The highest BCUT2D eigenvalue weighted by Crippen LogP contribution is 2.23. The zero-order valence-corrected chi connectivity index (χ0v) is 14.1. The maximum atomic E-state index is 12.2. The predicted molar refractivity (Wildman–Crippen MR) is 90.3 cm³/mol. The van der Waals surface area contributed by atoms with Crippen molar-refractivity contribution < 1.29 is 19.1 Å². The topological polar surface area (TPSA) is 68.2 Å². The van der Waals surface area contributed by atoms with Crippen LogP contribution in [0.5, 0.6) is 5.75 Å². The molecule has 0 aromatic heterocycles. The van der Waals surface area contributed by atoms with Gasteiger partial charge >= 0.3 is 5.97 Å². The SMILES string of the molecule is CCOC(=O)CSC1=N/C(=C\c2cccc(OC)c2)C(=O)N1C. The van der Waals surface area contributed by atoms with Crippen molar-refractivity contribution in [3.8, 4) is 5.75 Å². The van der Waals surface area contributed by atoms with Crippen molar-refractivity contribution in [2.45, 2.75) is 6.92 Å². The molecule has 1 heterocycles. The lowest BCUT2D eigenvalue weighted by molar-refractivity contribution is -0.139. The predicted octanol–water partition coefficient (Wildman–Crippen LogP) is 2.16. The molecule has 0 saturated heterocycles. The van der Waals surface area contributed by atoms with Crippen molar-refractivity contribution in [1.82, 2.24) is 4.90 Å². The number of thioether (sulfide) groups is 1. The fourth-order valence-electron chi connectivity index (χ4n) is 1.92. The van der Waals surface area contributed by atoms with E-state index >= 15 is 0 Å². The standard InChI is InChI=1S/C16H18N2O4S/c1-4-22-14(19)10-23-16-17-13(15(20)18(16)2)9-11-6-5-7-12(8-11)21-3/h5-9H,4,10H2,1-3H3/b13-9-. The number of benzene rings is 1. The largest absolute Gasteiger partial charge is 0.497 e. The fraction of sp³-hybridized carbons (Fsp3) is 0.312. The number of amides is 1. The Balaban J connectivity index is 2.14. The Kier molecular flexibility index (Phi) is 5.81. The molecule has 0 fully saturated rings. The molecule has 0 aliphatic carbocycles. The van der Waals surface area contributed by atoms with Crippen LogP contribution in [-0.2, 0) is 14.3 Å². The summed E-state index contributed by atoms with van der Waals surface area (Å²) in [5.41, 5.74) is 1.15. The molecule has 6 nitrogen and oxygen atoms in total. The van der Waals surface area contributed by atoms with E-state index in [1.807, 2.05) is 24.3 Å². The summed E-state index contributed by atoms with van der Waals surface area (Å²) >= 11 is 1.18. The van der Waals surface area contributed by atoms with Crippen LogP contribution in [-0.4, -0.2) is 48.5 Å². The molecule has 2 rings (SSSR count). The van der Waals surface area contributed by atoms with Crippen LogP contribution in [0.25, 0.3) is 6.08 Å². The van der Waals surface area contributed by atoms with Crippen LogP contribution < -0.4 is 4.74 Å². The summed E-state index contributed by atoms with van der Waals surface area (Å²) in [7, 11) is 3.22. The second-order valence-corrected chi connectivity index (χ2v) is 5.60. The Morgan fingerprint density at radius 3 is 2.91 bits per heavy atom. The molecule has 0 spiro atoms. The number of carbonyl (C=O) groups excluding carboxylic acids is 2. The summed E-state index contributed by atoms with van der Waals surface area (Å²) in [4.78, 5) is 29.4. The molecule has 7 heteroatoms. The number of amidine groups is 1. The molecule has 0 N–H and O–H groups in total. The van der Waals surface area contributed by atoms with Gasteiger partial charge in [0.1, 0.15) is 11.4 Å². The summed E-state index contributed by atoms with van der Waals surface area (Å²) in [5.74, 6) is 0.293. The lowest BCUT2D eigenvalue weighted by Crippen LogP contribution is -2.26. The van der Waals surface area contributed by atoms with E-state index in [0.29, 0.717) is 23.2 Å². The van der Waals surface area contributed by atoms with E-state index in [1.165, 1.54) is 16.7 Å². The summed E-state index contributed by atoms with van der Waals surface area (Å²) in [6.07, 6.45) is 1.69. The summed E-state index contributed by atoms with van der Waals surface area (Å²) in [6, 6.07) is 7.35. The third kappa shape index (κ3) is 4.35. The molecular formula is C16H18N2O4S. The van der Waals surface area contributed by atoms with Crippen LogP contribution in [0.4, 0.5) is 0 Å². The van der Waals surface area contributed by atoms with E-state index in [2.05, 4.69) is 4.99 Å². The van der Waals surface area contributed by atoms with E-state index in [9.17, 15) is 9.59 Å². The first-order valence-corrected chi connectivity index (χ1v) is 8.04. The average molecular weight is 334 g/mol. The maximum absolute atomic E-state index is 12.2. The molecule has 1 amide bonds. The normalized spacial score (nSPS) is 15.8. The Morgan fingerprint density at radius 1 is 1.43 bits per heavy atom. The van der Waals surface area contributed by atoms with Crippen LogP contribution in [0.2, 0.25) is 0 Å². The highest BCUT2D eigenvalue weighted by molar-refractivity contribution is 8.14. The molecule has 0 saturated carbocycles. The molecule has 1 aliphatic heterocycles. The van der Waals surface area contributed by atoms with Gasteiger partial charge in [-0.15, -0.1) is 0 Å². The van der Waals surface area contributed by atoms with E-state index in [0.717, 1.165) is 5.56 Å². The smallest absolute Gasteiger partial charge is 0.316 e. The van der Waals surface area contributed by atoms with Gasteiger partial charge in [-0.3, -0.25) is 14.5 Å². The summed E-state index contributed by atoms with van der Waals surface area (Å²) < 4.78 is 10.0. The van der Waals surface area contributed by atoms with Gasteiger partial charge in [0.25, 0.3) is 5.91 Å². The van der Waals surface area contributed by atoms with Gasteiger partial charge in [0.2, 0.25) is 0 Å². The molecule has 1 aromatic carbocycles. The van der Waals surface area contributed by atoms with Crippen LogP contribution in [0.3, 0.4) is 0 Å². The van der Waals surface area contributed by atoms with Crippen molar-refractivity contribution in [2.75, 3.05) is 26.5 Å². The first-order chi connectivity index (χ1) is 11.0. The van der Waals surface area contributed by atoms with Crippen molar-refractivity contribution in [1.29, 1.82) is 0 Å². The quantitative estimate of drug-likeness (QED) is 0.610. The number of likely N-dealkylation sites (N-methyl/N-ethyl adjacent to an activating group) is 1. The van der Waals surface area contributed by atoms with Gasteiger partial charge in [-0.2, -0.15) is 0 Å². The maximum Gasteiger partial charge on any atom is 0.316 e. The number of methoxy groups -OCH3 is 1. The zero-order valence-electron chi connectivity index (χ0n) is 13.2. The number of nitrogens with zero attached hydrogens (tertiary/aromatic N) is 2. The number of carbonyl (C=O) groups is 2. The van der Waals surface area contributed by atoms with Crippen LogP contribution in [0.1, 0.15) is 12.5 Å². The van der Waals surface area contributed by atoms with Crippen LogP contribution >= 0.6 is 11.8 Å². The third-order valence-corrected chi connectivity index (χ3v) is 4.05. The fourth-order valence-corrected chi connectivity index (χ4v) is 2.69. The molecule has 0 radical (unpaired) electrons. The first kappa shape index (κ1) is 17.1. The minimum absolute atomic E-state index is 0.122. The molecule has 0 unspecified atom stereocenters. The summed E-state index contributed by atoms with van der Waals surface area (Å²) in [5, 5.41) is 0.484. The molecule has 0 bridgehead atoms. The van der Waals surface area contributed by atoms with Crippen LogP contribution in [0, 0.1) is 0 Å². The van der Waals surface area contributed by atoms with Crippen molar-refractivity contribution in [2.24, 2.45) is 4.99 Å². The van der Waals surface area contributed by atoms with E-state index in [1.54, 1.807) is 27.2 Å². The minimum atomic E-state index is -0.328. The van der Waals surface area contributed by atoms with Gasteiger partial charge in [-0.1, -0.05) is 23.9 Å². The van der Waals surface area contributed by atoms with Gasteiger partial charge in [-0.25, -0.2) is 4.99 Å². The van der Waals surface area contributed by atoms with Crippen molar-refractivity contribution in [3.05, 3.63) is 35.5 Å². The third-order valence-electron chi connectivity index (χ3n) is 3.05. The summed E-state index contributed by atoms with van der Waals surface area (Å²) in [6.45, 7) is 2.09. The first-order valence-electron chi connectivity index (χ1n) is 7.06. The number of ether oxygens (including phenoxy) is 2. The van der Waals surface area contributed by atoms with Gasteiger partial charge in [0, 0.05) is 7.05 Å². The second kappa shape index (κ2) is 7.82. The van der Waals surface area contributed by atoms with E-state index in [-0.39, 0.29) is 17.6 Å². The molecular weight excluding hydrogens is 316 g/mol. The van der Waals surface area contributed by atoms with E-state index in [4.69, 9.17) is 9.47 Å². The molecule has 1 aliphatic rings. The van der Waals surface area contributed by atoms with E-state index < -0.39 is 0 Å². The Bertz CT molecular complexity index is 670. The highest BCUT2D eigenvalue weighted by atomic mass is 32.2. The Morgan fingerprint density at radius 2 is 2.22 bits per heavy atom. The second-order valence-electron chi connectivity index (χ2n) is 4.66. The number of aliphatic imine (C=N–C) groups is 1. The number of rotatable bonds is 5. The van der Waals surface area contributed by atoms with Crippen molar-refractivity contribution in [3.63, 3.8) is 0 Å². The Labute approximate surface area is 139 Å². The zero-order chi connectivity index (χ0) is 16.8. The lowest BCUT2D eigenvalue weighted by atomic mass is 10.2. The lowest BCUT2D eigenvalue weighted by Gasteiger charge is -2.10.